The van der Waals surface area contributed by atoms with E-state index in [4.69, 9.17) is 29.5 Å². The number of aliphatic hydroxyl groups is 3. The average molecular weight is 960 g/mol. The summed E-state index contributed by atoms with van der Waals surface area (Å²) in [6.45, 7) is 24.8. The molecule has 16 heteroatoms. The number of carbonyl (C=O) groups is 3. The Morgan fingerprint density at radius 2 is 0.729 bits per heavy atom. The Kier molecular flexibility index (Phi) is 34.7. The SMILES string of the molecule is CC(C)(C)OC(=O)N1CCC(CCBr)CC1.CC(C)(C)OC(=O)N1CCC(CCO)CC1.CC(C)(C)OC(=O)N1CCC(CCO)CC1.OCCC1CCNCC1.[Ar].[Ar]. The zero-order valence-corrected chi connectivity index (χ0v) is 41.0. The monoisotopic (exact) mass is 958 g/mol. The summed E-state index contributed by atoms with van der Waals surface area (Å²) in [5.41, 5.74) is -1.22. The molecule has 0 radical (unpaired) electrons. The Balaban J connectivity index is 0. The molecule has 4 aliphatic rings. The maximum Gasteiger partial charge on any atom is 0.410 e. The van der Waals surface area contributed by atoms with E-state index in [2.05, 4.69) is 21.2 Å². The van der Waals surface area contributed by atoms with Crippen molar-refractivity contribution in [1.82, 2.24) is 20.0 Å². The maximum atomic E-state index is 11.8. The third kappa shape index (κ3) is 31.2. The Bertz CT molecular complexity index is 973. The minimum Gasteiger partial charge on any atom is -0.444 e. The van der Waals surface area contributed by atoms with Gasteiger partial charge in [-0.3, -0.25) is 0 Å². The first-order valence-electron chi connectivity index (χ1n) is 21.7. The molecule has 4 fully saturated rings. The summed E-state index contributed by atoms with van der Waals surface area (Å²) in [5, 5.41) is 30.6. The molecule has 3 amide bonds. The van der Waals surface area contributed by atoms with Crippen molar-refractivity contribution in [2.45, 2.75) is 156 Å². The second-order valence-corrected chi connectivity index (χ2v) is 19.7. The smallest absolute Gasteiger partial charge is 0.410 e. The van der Waals surface area contributed by atoms with E-state index in [1.54, 1.807) is 9.80 Å². The van der Waals surface area contributed by atoms with Gasteiger partial charge in [0.2, 0.25) is 0 Å². The van der Waals surface area contributed by atoms with Gasteiger partial charge in [0.1, 0.15) is 16.8 Å². The van der Waals surface area contributed by atoms with E-state index in [0.717, 1.165) is 127 Å². The molecule has 13 nitrogen and oxygen atoms in total. The molecule has 4 saturated heterocycles. The summed E-state index contributed by atoms with van der Waals surface area (Å²) in [5.74, 6) is 2.67. The predicted molar refractivity (Wildman–Crippen MR) is 231 cm³/mol. The zero-order chi connectivity index (χ0) is 43.1. The van der Waals surface area contributed by atoms with Crippen molar-refractivity contribution in [2.24, 2.45) is 23.7 Å². The molecule has 352 valence electrons. The van der Waals surface area contributed by atoms with E-state index in [1.165, 1.54) is 19.3 Å². The largest absolute Gasteiger partial charge is 0.444 e. The molecule has 0 aromatic heterocycles. The van der Waals surface area contributed by atoms with Crippen LogP contribution < -0.4 is 5.32 Å². The molecule has 4 aliphatic heterocycles. The van der Waals surface area contributed by atoms with Crippen molar-refractivity contribution in [3.63, 3.8) is 0 Å². The summed E-state index contributed by atoms with van der Waals surface area (Å²) in [7, 11) is 0. The first kappa shape index (κ1) is 61.7. The van der Waals surface area contributed by atoms with E-state index in [9.17, 15) is 14.4 Å². The molecular weight excluding hydrogens is 876 g/mol. The van der Waals surface area contributed by atoms with Crippen molar-refractivity contribution >= 4 is 34.2 Å². The van der Waals surface area contributed by atoms with Crippen LogP contribution in [0, 0.1) is 99.1 Å². The molecule has 4 N–H and O–H groups in total. The number of amides is 3. The van der Waals surface area contributed by atoms with Gasteiger partial charge in [0.05, 0.1) is 0 Å². The van der Waals surface area contributed by atoms with E-state index in [0.29, 0.717) is 18.4 Å². The topological polar surface area (TPSA) is 161 Å². The molecule has 4 rings (SSSR count). The molecule has 0 aromatic carbocycles. The molecular formula is C43H83Ar2BrN4O9. The van der Waals surface area contributed by atoms with Crippen LogP contribution >= 0.6 is 15.9 Å². The first-order chi connectivity index (χ1) is 26.7. The third-order valence-electron chi connectivity index (χ3n) is 10.4. The van der Waals surface area contributed by atoms with Crippen LogP contribution in [0.15, 0.2) is 0 Å². The Morgan fingerprint density at radius 3 is 0.949 bits per heavy atom. The number of nitrogens with one attached hydrogen (secondary N) is 1. The normalized spacial score (nSPS) is 18.6. The van der Waals surface area contributed by atoms with Crippen molar-refractivity contribution in [3.8, 4) is 0 Å². The maximum absolute atomic E-state index is 11.8. The van der Waals surface area contributed by atoms with Crippen molar-refractivity contribution < 1.29 is 119 Å². The number of likely N-dealkylation sites (tertiary alicyclic amines) is 3. The Morgan fingerprint density at radius 1 is 0.492 bits per heavy atom. The van der Waals surface area contributed by atoms with Gasteiger partial charge in [-0.1, -0.05) is 15.9 Å². The molecule has 0 unspecified atom stereocenters. The van der Waals surface area contributed by atoms with Gasteiger partial charge < -0.3 is 49.5 Å². The quantitative estimate of drug-likeness (QED) is 0.140. The molecule has 0 spiro atoms. The Hall–Kier alpha value is 0.649. The second-order valence-electron chi connectivity index (χ2n) is 18.9. The van der Waals surface area contributed by atoms with Crippen molar-refractivity contribution in [3.05, 3.63) is 0 Å². The summed E-state index contributed by atoms with van der Waals surface area (Å²) in [6, 6.07) is 0. The fourth-order valence-electron chi connectivity index (χ4n) is 7.06. The first-order valence-corrected chi connectivity index (χ1v) is 22.8. The van der Waals surface area contributed by atoms with Gasteiger partial charge in [-0.25, -0.2) is 14.4 Å². The molecule has 0 saturated carbocycles. The number of halogens is 1. The van der Waals surface area contributed by atoms with Crippen LogP contribution in [0.3, 0.4) is 0 Å². The van der Waals surface area contributed by atoms with Gasteiger partial charge in [-0.2, -0.15) is 0 Å². The number of hydrogen-bond acceptors (Lipinski definition) is 10. The minimum atomic E-state index is -0.418. The summed E-state index contributed by atoms with van der Waals surface area (Å²) >= 11 is 3.46. The van der Waals surface area contributed by atoms with Crippen LogP contribution in [0.4, 0.5) is 14.4 Å². The van der Waals surface area contributed by atoms with Crippen LogP contribution in [0.25, 0.3) is 0 Å². The molecule has 0 aliphatic carbocycles. The van der Waals surface area contributed by atoms with Crippen LogP contribution in [0.1, 0.15) is 139 Å². The number of aliphatic hydroxyl groups excluding tert-OH is 3. The van der Waals surface area contributed by atoms with Gasteiger partial charge in [0.15, 0.2) is 0 Å². The molecule has 4 heterocycles. The number of hydrogen-bond donors (Lipinski definition) is 4. The van der Waals surface area contributed by atoms with E-state index >= 15 is 0 Å². The van der Waals surface area contributed by atoms with Gasteiger partial charge in [-0.15, -0.1) is 0 Å². The van der Waals surface area contributed by atoms with Gasteiger partial charge in [0.25, 0.3) is 0 Å². The number of ether oxygens (including phenoxy) is 3. The van der Waals surface area contributed by atoms with Gasteiger partial charge in [-0.05, 0) is 176 Å². The van der Waals surface area contributed by atoms with E-state index in [1.807, 2.05) is 67.2 Å². The van der Waals surface area contributed by atoms with E-state index in [-0.39, 0.29) is 113 Å². The van der Waals surface area contributed by atoms with E-state index < -0.39 is 11.2 Å². The minimum absolute atomic E-state index is 0. The second kappa shape index (κ2) is 33.2. The number of carbonyl (C=O) groups excluding carboxylic acids is 3. The van der Waals surface area contributed by atoms with Crippen molar-refractivity contribution in [2.75, 3.05) is 77.5 Å². The summed E-state index contributed by atoms with van der Waals surface area (Å²) in [6.07, 6.45) is 11.9. The number of nitrogens with zero attached hydrogens (tertiary/aromatic N) is 3. The molecule has 59 heavy (non-hydrogen) atoms. The molecule has 0 bridgehead atoms. The number of rotatable bonds is 8. The fraction of sp³-hybridized carbons (Fsp3) is 0.930. The van der Waals surface area contributed by atoms with Crippen molar-refractivity contribution in [1.29, 1.82) is 0 Å². The standard InChI is InChI=1S/C12H22BrNO2.2C12H23NO3.C7H15NO.2Ar/c1-12(2,3)16-11(15)14-8-5-10(4-7-13)6-9-14;2*1-12(2,3)16-11(15)13-7-4-10(5-8-13)6-9-14;9-6-3-7-1-4-8-5-2-7;;/h10H,4-9H2,1-3H3;2*10,14H,4-9H2,1-3H3;7-9H,1-6H2;;. The van der Waals surface area contributed by atoms with Gasteiger partial charge >= 0.3 is 18.3 Å². The fourth-order valence-corrected chi connectivity index (χ4v) is 7.71. The van der Waals surface area contributed by atoms with Gasteiger partial charge in [0, 0.05) is 140 Å². The summed E-state index contributed by atoms with van der Waals surface area (Å²) < 4.78 is 16.0. The molecule has 0 aromatic rings. The number of piperidine rings is 4. The zero-order valence-electron chi connectivity index (χ0n) is 38.0. The van der Waals surface area contributed by atoms with Crippen LogP contribution in [-0.4, -0.2) is 143 Å². The van der Waals surface area contributed by atoms with Crippen LogP contribution in [0.2, 0.25) is 0 Å². The average Bonchev–Trinajstić information content (AvgIpc) is 3.12. The molecule has 0 atom stereocenters. The summed E-state index contributed by atoms with van der Waals surface area (Å²) in [4.78, 5) is 40.6. The number of alkyl halides is 1. The Labute approximate surface area is 426 Å². The van der Waals surface area contributed by atoms with Crippen LogP contribution in [0.5, 0.6) is 0 Å². The van der Waals surface area contributed by atoms with Crippen LogP contribution in [-0.2, 0) is 14.2 Å². The predicted octanol–water partition coefficient (Wildman–Crippen LogP) is 7.82. The third-order valence-corrected chi connectivity index (χ3v) is 10.8.